The van der Waals surface area contributed by atoms with Crippen LogP contribution in [0.5, 0.6) is 0 Å². The summed E-state index contributed by atoms with van der Waals surface area (Å²) in [6, 6.07) is 2.50. The molecule has 1 aliphatic rings. The van der Waals surface area contributed by atoms with Gasteiger partial charge in [-0.15, -0.1) is 0 Å². The van der Waals surface area contributed by atoms with E-state index in [2.05, 4.69) is 0 Å². The van der Waals surface area contributed by atoms with E-state index in [0.29, 0.717) is 12.1 Å². The molecule has 1 aromatic carbocycles. The summed E-state index contributed by atoms with van der Waals surface area (Å²) >= 11 is 0. The van der Waals surface area contributed by atoms with Crippen molar-refractivity contribution in [2.24, 2.45) is 0 Å². The van der Waals surface area contributed by atoms with E-state index in [1.807, 2.05) is 0 Å². The van der Waals surface area contributed by atoms with Crippen LogP contribution in [0.2, 0.25) is 0 Å². The molecule has 0 spiro atoms. The lowest BCUT2D eigenvalue weighted by Crippen LogP contribution is -2.40. The minimum Gasteiger partial charge on any atom is -0.229 e. The van der Waals surface area contributed by atoms with Gasteiger partial charge in [-0.1, -0.05) is 6.92 Å². The fourth-order valence-electron chi connectivity index (χ4n) is 2.58. The SMILES string of the molecule is CCN(C1CCS(=O)(=O)C1)S(=O)(=O)c1ccc(C(F)(F)F)cc1. The molecule has 1 heterocycles. The van der Waals surface area contributed by atoms with Crippen LogP contribution in [0, 0.1) is 0 Å². The van der Waals surface area contributed by atoms with E-state index >= 15 is 0 Å². The number of alkyl halides is 3. The Kier molecular flexibility index (Phi) is 4.80. The average molecular weight is 371 g/mol. The van der Waals surface area contributed by atoms with E-state index in [4.69, 9.17) is 0 Å². The Bertz CT molecular complexity index is 770. The van der Waals surface area contributed by atoms with Crippen molar-refractivity contribution < 1.29 is 30.0 Å². The molecule has 1 saturated heterocycles. The monoisotopic (exact) mass is 371 g/mol. The van der Waals surface area contributed by atoms with E-state index in [9.17, 15) is 30.0 Å². The molecule has 23 heavy (non-hydrogen) atoms. The molecular weight excluding hydrogens is 355 g/mol. The van der Waals surface area contributed by atoms with E-state index in [-0.39, 0.29) is 29.4 Å². The number of rotatable bonds is 4. The minimum absolute atomic E-state index is 0.0452. The van der Waals surface area contributed by atoms with Crippen molar-refractivity contribution in [1.82, 2.24) is 4.31 Å². The van der Waals surface area contributed by atoms with Gasteiger partial charge in [-0.25, -0.2) is 16.8 Å². The Morgan fingerprint density at radius 3 is 2.17 bits per heavy atom. The molecule has 0 N–H and O–H groups in total. The largest absolute Gasteiger partial charge is 0.416 e. The van der Waals surface area contributed by atoms with Crippen LogP contribution in [-0.2, 0) is 26.0 Å². The van der Waals surface area contributed by atoms with Crippen molar-refractivity contribution in [1.29, 1.82) is 0 Å². The molecule has 1 aliphatic heterocycles. The normalized spacial score (nSPS) is 21.7. The van der Waals surface area contributed by atoms with Crippen LogP contribution < -0.4 is 0 Å². The lowest BCUT2D eigenvalue weighted by molar-refractivity contribution is -0.137. The molecule has 0 aliphatic carbocycles. The van der Waals surface area contributed by atoms with Gasteiger partial charge in [0.2, 0.25) is 10.0 Å². The molecular formula is C13H16F3NO4S2. The van der Waals surface area contributed by atoms with E-state index in [1.54, 1.807) is 6.92 Å². The van der Waals surface area contributed by atoms with Gasteiger partial charge in [0, 0.05) is 12.6 Å². The maximum atomic E-state index is 12.6. The van der Waals surface area contributed by atoms with Gasteiger partial charge >= 0.3 is 6.18 Å². The molecule has 2 rings (SSSR count). The number of hydrogen-bond acceptors (Lipinski definition) is 4. The van der Waals surface area contributed by atoms with Gasteiger partial charge in [0.05, 0.1) is 22.0 Å². The molecule has 0 saturated carbocycles. The summed E-state index contributed by atoms with van der Waals surface area (Å²) < 4.78 is 86.9. The molecule has 0 radical (unpaired) electrons. The lowest BCUT2D eigenvalue weighted by Gasteiger charge is -2.26. The Morgan fingerprint density at radius 1 is 1.22 bits per heavy atom. The van der Waals surface area contributed by atoms with Gasteiger partial charge in [-0.3, -0.25) is 0 Å². The van der Waals surface area contributed by atoms with Crippen LogP contribution in [-0.4, -0.2) is 45.2 Å². The van der Waals surface area contributed by atoms with Crippen molar-refractivity contribution in [3.05, 3.63) is 29.8 Å². The standard InChI is InChI=1S/C13H16F3NO4S2/c1-2-17(11-7-8-22(18,19)9-11)23(20,21)12-5-3-10(4-6-12)13(14,15)16/h3-6,11H,2,7-9H2,1H3. The highest BCUT2D eigenvalue weighted by Gasteiger charge is 2.38. The van der Waals surface area contributed by atoms with E-state index in [1.165, 1.54) is 0 Å². The molecule has 1 fully saturated rings. The minimum atomic E-state index is -4.55. The highest BCUT2D eigenvalue weighted by Crippen LogP contribution is 2.31. The first-order valence-corrected chi connectivity index (χ1v) is 10.1. The highest BCUT2D eigenvalue weighted by atomic mass is 32.2. The third kappa shape index (κ3) is 3.86. The summed E-state index contributed by atoms with van der Waals surface area (Å²) in [5, 5.41) is 0. The Morgan fingerprint density at radius 2 is 1.78 bits per heavy atom. The molecule has 10 heteroatoms. The van der Waals surface area contributed by atoms with Crippen LogP contribution in [0.1, 0.15) is 18.9 Å². The van der Waals surface area contributed by atoms with Gasteiger partial charge in [-0.2, -0.15) is 17.5 Å². The van der Waals surface area contributed by atoms with Crippen molar-refractivity contribution >= 4 is 19.9 Å². The zero-order valence-electron chi connectivity index (χ0n) is 12.2. The predicted octanol–water partition coefficient (Wildman–Crippen LogP) is 1.90. The zero-order chi connectivity index (χ0) is 17.5. The summed E-state index contributed by atoms with van der Waals surface area (Å²) in [5.74, 6) is -0.350. The highest BCUT2D eigenvalue weighted by molar-refractivity contribution is 7.92. The molecule has 1 unspecified atom stereocenters. The molecule has 5 nitrogen and oxygen atoms in total. The first-order chi connectivity index (χ1) is 10.5. The summed E-state index contributed by atoms with van der Waals surface area (Å²) in [6.45, 7) is 1.61. The third-order valence-electron chi connectivity index (χ3n) is 3.72. The van der Waals surface area contributed by atoms with Crippen LogP contribution >= 0.6 is 0 Å². The number of sulfone groups is 1. The second-order valence-electron chi connectivity index (χ2n) is 5.29. The smallest absolute Gasteiger partial charge is 0.229 e. The summed E-state index contributed by atoms with van der Waals surface area (Å²) in [5.41, 5.74) is -0.942. The van der Waals surface area contributed by atoms with Crippen molar-refractivity contribution in [2.75, 3.05) is 18.1 Å². The van der Waals surface area contributed by atoms with Gasteiger partial charge < -0.3 is 0 Å². The van der Waals surface area contributed by atoms with Gasteiger partial charge in [0.1, 0.15) is 0 Å². The van der Waals surface area contributed by atoms with Crippen LogP contribution in [0.4, 0.5) is 13.2 Å². The Hall–Kier alpha value is -1.13. The molecule has 0 aromatic heterocycles. The first-order valence-electron chi connectivity index (χ1n) is 6.87. The van der Waals surface area contributed by atoms with Crippen molar-refractivity contribution in [3.63, 3.8) is 0 Å². The number of sulfonamides is 1. The number of nitrogens with zero attached hydrogens (tertiary/aromatic N) is 1. The fourth-order valence-corrected chi connectivity index (χ4v) is 6.07. The van der Waals surface area contributed by atoms with E-state index in [0.717, 1.165) is 16.4 Å². The summed E-state index contributed by atoms with van der Waals surface area (Å²) in [4.78, 5) is -0.281. The number of hydrogen-bond donors (Lipinski definition) is 0. The predicted molar refractivity (Wildman–Crippen MR) is 78.1 cm³/mol. The van der Waals surface area contributed by atoms with Crippen LogP contribution in [0.3, 0.4) is 0 Å². The number of halogens is 3. The maximum absolute atomic E-state index is 12.6. The van der Waals surface area contributed by atoms with Gasteiger partial charge in [0.25, 0.3) is 0 Å². The van der Waals surface area contributed by atoms with Crippen molar-refractivity contribution in [2.45, 2.75) is 30.5 Å². The quantitative estimate of drug-likeness (QED) is 0.811. The van der Waals surface area contributed by atoms with Crippen molar-refractivity contribution in [3.8, 4) is 0 Å². The lowest BCUT2D eigenvalue weighted by atomic mass is 10.2. The zero-order valence-corrected chi connectivity index (χ0v) is 13.9. The Labute approximate surface area is 133 Å². The van der Waals surface area contributed by atoms with Gasteiger partial charge in [-0.05, 0) is 30.7 Å². The van der Waals surface area contributed by atoms with Crippen LogP contribution in [0.15, 0.2) is 29.2 Å². The number of benzene rings is 1. The van der Waals surface area contributed by atoms with Crippen LogP contribution in [0.25, 0.3) is 0 Å². The Balaban J connectivity index is 2.32. The molecule has 0 amide bonds. The summed E-state index contributed by atoms with van der Waals surface area (Å²) in [6.07, 6.45) is -4.36. The topological polar surface area (TPSA) is 71.5 Å². The molecule has 1 aromatic rings. The average Bonchev–Trinajstić information content (AvgIpc) is 2.78. The maximum Gasteiger partial charge on any atom is 0.416 e. The second-order valence-corrected chi connectivity index (χ2v) is 9.41. The molecule has 1 atom stereocenters. The first kappa shape index (κ1) is 18.2. The molecule has 0 bridgehead atoms. The molecule has 130 valence electrons. The third-order valence-corrected chi connectivity index (χ3v) is 7.51. The van der Waals surface area contributed by atoms with Gasteiger partial charge in [0.15, 0.2) is 9.84 Å². The van der Waals surface area contributed by atoms with E-state index < -0.39 is 37.6 Å². The second kappa shape index (κ2) is 6.06. The summed E-state index contributed by atoms with van der Waals surface area (Å²) in [7, 11) is -7.32. The fraction of sp³-hybridized carbons (Fsp3) is 0.538.